The Hall–Kier alpha value is 0.274. The predicted octanol–water partition coefficient (Wildman–Crippen LogP) is 5.60. The summed E-state index contributed by atoms with van der Waals surface area (Å²) in [5, 5.41) is 0. The molecular formula is C23H50N2O2Si2. The summed E-state index contributed by atoms with van der Waals surface area (Å²) in [6.45, 7) is 18.1. The second-order valence-corrected chi connectivity index (χ2v) is 19.2. The third kappa shape index (κ3) is 6.16. The van der Waals surface area contributed by atoms with Gasteiger partial charge < -0.3 is 19.5 Å². The third-order valence-corrected chi connectivity index (χ3v) is 18.0. The van der Waals surface area contributed by atoms with Crippen LogP contribution in [0.3, 0.4) is 0 Å². The Bertz CT molecular complexity index is 463. The summed E-state index contributed by atoms with van der Waals surface area (Å²) < 4.78 is 13.8. The maximum Gasteiger partial charge on any atom is 0.192 e. The standard InChI is InChI=1S/C23H50N2O2Si2/c1-7-28(8-2,9-3)26-21(19-24)13-17-25-18-16-23(14-15-23)22(20-25)27-29(10-4,11-5)12-6/h21-22H,7-20,24H2,1-6H3. The van der Waals surface area contributed by atoms with Crippen molar-refractivity contribution >= 4 is 16.6 Å². The summed E-state index contributed by atoms with van der Waals surface area (Å²) in [5.74, 6) is 0. The molecular weight excluding hydrogens is 392 g/mol. The topological polar surface area (TPSA) is 47.7 Å². The largest absolute Gasteiger partial charge is 0.413 e. The van der Waals surface area contributed by atoms with E-state index in [-0.39, 0.29) is 6.10 Å². The van der Waals surface area contributed by atoms with Gasteiger partial charge in [0, 0.05) is 19.6 Å². The average molecular weight is 443 g/mol. The molecule has 2 atom stereocenters. The summed E-state index contributed by atoms with van der Waals surface area (Å²) in [7, 11) is -3.13. The maximum atomic E-state index is 7.05. The van der Waals surface area contributed by atoms with Gasteiger partial charge in [-0.25, -0.2) is 0 Å². The summed E-state index contributed by atoms with van der Waals surface area (Å²) in [6, 6.07) is 7.39. The van der Waals surface area contributed by atoms with Crippen LogP contribution in [0, 0.1) is 5.41 Å². The molecule has 2 fully saturated rings. The van der Waals surface area contributed by atoms with Crippen molar-refractivity contribution in [2.24, 2.45) is 11.1 Å². The molecule has 1 saturated heterocycles. The van der Waals surface area contributed by atoms with E-state index in [0.717, 1.165) is 19.5 Å². The van der Waals surface area contributed by atoms with Crippen molar-refractivity contribution in [3.05, 3.63) is 0 Å². The van der Waals surface area contributed by atoms with Crippen molar-refractivity contribution in [3.8, 4) is 0 Å². The Kier molecular flexibility index (Phi) is 9.89. The minimum absolute atomic E-state index is 0.230. The molecule has 172 valence electrons. The van der Waals surface area contributed by atoms with Crippen molar-refractivity contribution in [2.75, 3.05) is 26.2 Å². The Labute approximate surface area is 183 Å². The van der Waals surface area contributed by atoms with E-state index in [1.165, 1.54) is 62.1 Å². The van der Waals surface area contributed by atoms with E-state index in [1.54, 1.807) is 0 Å². The molecule has 2 aliphatic rings. The molecule has 2 N–H and O–H groups in total. The highest BCUT2D eigenvalue weighted by Crippen LogP contribution is 2.55. The average Bonchev–Trinajstić information content (AvgIpc) is 3.55. The van der Waals surface area contributed by atoms with Crippen molar-refractivity contribution in [3.63, 3.8) is 0 Å². The lowest BCUT2D eigenvalue weighted by Gasteiger charge is -2.44. The Morgan fingerprint density at radius 2 is 1.45 bits per heavy atom. The zero-order valence-electron chi connectivity index (χ0n) is 20.4. The highest BCUT2D eigenvalue weighted by molar-refractivity contribution is 6.74. The van der Waals surface area contributed by atoms with Crippen molar-refractivity contribution < 1.29 is 8.85 Å². The van der Waals surface area contributed by atoms with Crippen molar-refractivity contribution in [2.45, 2.75) is 116 Å². The number of nitrogens with zero attached hydrogens (tertiary/aromatic N) is 1. The van der Waals surface area contributed by atoms with Gasteiger partial charge >= 0.3 is 0 Å². The van der Waals surface area contributed by atoms with E-state index in [0.29, 0.717) is 18.1 Å². The molecule has 4 nitrogen and oxygen atoms in total. The lowest BCUT2D eigenvalue weighted by Crippen LogP contribution is -2.52. The minimum atomic E-state index is -1.58. The van der Waals surface area contributed by atoms with Crippen LogP contribution in [-0.4, -0.2) is 59.9 Å². The van der Waals surface area contributed by atoms with E-state index in [1.807, 2.05) is 0 Å². The van der Waals surface area contributed by atoms with Crippen LogP contribution in [0.15, 0.2) is 0 Å². The molecule has 29 heavy (non-hydrogen) atoms. The lowest BCUT2D eigenvalue weighted by atomic mass is 9.90. The van der Waals surface area contributed by atoms with Crippen LogP contribution in [-0.2, 0) is 8.85 Å². The zero-order chi connectivity index (χ0) is 21.5. The first-order valence-electron chi connectivity index (χ1n) is 12.7. The maximum absolute atomic E-state index is 7.05. The third-order valence-electron chi connectivity index (χ3n) is 8.63. The van der Waals surface area contributed by atoms with Gasteiger partial charge in [-0.15, -0.1) is 0 Å². The normalized spacial score (nSPS) is 23.5. The zero-order valence-corrected chi connectivity index (χ0v) is 22.4. The van der Waals surface area contributed by atoms with E-state index in [9.17, 15) is 0 Å². The summed E-state index contributed by atoms with van der Waals surface area (Å²) in [6.07, 6.45) is 5.87. The van der Waals surface area contributed by atoms with Crippen LogP contribution >= 0.6 is 0 Å². The molecule has 2 rings (SSSR count). The van der Waals surface area contributed by atoms with Gasteiger partial charge in [-0.3, -0.25) is 0 Å². The van der Waals surface area contributed by atoms with Crippen molar-refractivity contribution in [1.29, 1.82) is 0 Å². The first-order chi connectivity index (χ1) is 13.9. The smallest absolute Gasteiger partial charge is 0.192 e. The molecule has 0 aromatic rings. The molecule has 1 aliphatic carbocycles. The molecule has 0 aromatic heterocycles. The number of rotatable bonds is 14. The van der Waals surface area contributed by atoms with Gasteiger partial charge in [0.25, 0.3) is 0 Å². The number of hydrogen-bond acceptors (Lipinski definition) is 4. The van der Waals surface area contributed by atoms with Gasteiger partial charge in [0.2, 0.25) is 0 Å². The summed E-state index contributed by atoms with van der Waals surface area (Å²) in [4.78, 5) is 2.66. The van der Waals surface area contributed by atoms with E-state index in [4.69, 9.17) is 14.6 Å². The Morgan fingerprint density at radius 3 is 1.90 bits per heavy atom. The monoisotopic (exact) mass is 442 g/mol. The quantitative estimate of drug-likeness (QED) is 0.356. The van der Waals surface area contributed by atoms with Gasteiger partial charge in [-0.2, -0.15) is 0 Å². The van der Waals surface area contributed by atoms with Crippen LogP contribution in [0.2, 0.25) is 36.3 Å². The van der Waals surface area contributed by atoms with Gasteiger partial charge in [0.1, 0.15) is 0 Å². The second-order valence-electron chi connectivity index (χ2n) is 9.77. The fourth-order valence-electron chi connectivity index (χ4n) is 5.37. The molecule has 6 heteroatoms. The fourth-order valence-corrected chi connectivity index (χ4v) is 11.2. The molecule has 0 amide bonds. The summed E-state index contributed by atoms with van der Waals surface area (Å²) in [5.41, 5.74) is 6.66. The van der Waals surface area contributed by atoms with Crippen LogP contribution in [0.25, 0.3) is 0 Å². The van der Waals surface area contributed by atoms with E-state index >= 15 is 0 Å². The Morgan fingerprint density at radius 1 is 0.897 bits per heavy atom. The van der Waals surface area contributed by atoms with Gasteiger partial charge in [0.05, 0.1) is 12.2 Å². The second kappa shape index (κ2) is 11.2. The molecule has 1 heterocycles. The molecule has 1 aliphatic heterocycles. The van der Waals surface area contributed by atoms with Crippen molar-refractivity contribution in [1.82, 2.24) is 4.90 Å². The predicted molar refractivity (Wildman–Crippen MR) is 131 cm³/mol. The molecule has 0 radical (unpaired) electrons. The number of likely N-dealkylation sites (tertiary alicyclic amines) is 1. The number of piperidine rings is 1. The first kappa shape index (κ1) is 25.5. The van der Waals surface area contributed by atoms with Crippen LogP contribution in [0.1, 0.15) is 67.2 Å². The van der Waals surface area contributed by atoms with E-state index < -0.39 is 16.6 Å². The van der Waals surface area contributed by atoms with Crippen LogP contribution in [0.4, 0.5) is 0 Å². The lowest BCUT2D eigenvalue weighted by molar-refractivity contribution is 0.0138. The van der Waals surface area contributed by atoms with E-state index in [2.05, 4.69) is 46.4 Å². The number of nitrogens with two attached hydrogens (primary N) is 1. The highest BCUT2D eigenvalue weighted by atomic mass is 28.4. The molecule has 0 aromatic carbocycles. The van der Waals surface area contributed by atoms with Gasteiger partial charge in [-0.1, -0.05) is 41.5 Å². The van der Waals surface area contributed by atoms with Crippen LogP contribution < -0.4 is 5.73 Å². The first-order valence-corrected chi connectivity index (χ1v) is 17.7. The molecule has 0 bridgehead atoms. The SMILES string of the molecule is CC[Si](CC)(CC)OC(CN)CCN1CCC2(CC2)C(O[Si](CC)(CC)CC)C1. The van der Waals surface area contributed by atoms with Gasteiger partial charge in [0.15, 0.2) is 16.6 Å². The fraction of sp³-hybridized carbons (Fsp3) is 1.00. The summed E-state index contributed by atoms with van der Waals surface area (Å²) >= 11 is 0. The molecule has 1 spiro atoms. The van der Waals surface area contributed by atoms with Gasteiger partial charge in [-0.05, 0) is 73.9 Å². The molecule has 1 saturated carbocycles. The molecule has 2 unspecified atom stereocenters. The van der Waals surface area contributed by atoms with Crippen LogP contribution in [0.5, 0.6) is 0 Å². The minimum Gasteiger partial charge on any atom is -0.413 e. The highest BCUT2D eigenvalue weighted by Gasteiger charge is 2.54. The Balaban J connectivity index is 1.94. The number of hydrogen-bond donors (Lipinski definition) is 1.